The molecule has 0 saturated heterocycles. The molecule has 0 amide bonds. The second kappa shape index (κ2) is 13.9. The molecule has 1 nitrogen and oxygen atoms in total. The summed E-state index contributed by atoms with van der Waals surface area (Å²) in [4.78, 5) is 0. The van der Waals surface area contributed by atoms with E-state index < -0.39 is 11.6 Å². The lowest BCUT2D eigenvalue weighted by atomic mass is 10.0. The number of halogens is 2. The van der Waals surface area contributed by atoms with Crippen molar-refractivity contribution in [3.05, 3.63) is 89.0 Å². The third-order valence-electron chi connectivity index (χ3n) is 6.38. The van der Waals surface area contributed by atoms with Gasteiger partial charge >= 0.3 is 0 Å². The third-order valence-corrected chi connectivity index (χ3v) is 6.38. The SMILES string of the molecule is CCCCCCc1ccc(-c2ccc(COc3ccc(CCCCCC)c(F)c3F)cc2)cc1. The smallest absolute Gasteiger partial charge is 0.200 e. The first-order chi connectivity index (χ1) is 16.6. The van der Waals surface area contributed by atoms with Gasteiger partial charge in [0.15, 0.2) is 11.6 Å². The molecule has 0 N–H and O–H groups in total. The normalized spacial score (nSPS) is 11.1. The van der Waals surface area contributed by atoms with Crippen molar-refractivity contribution in [1.82, 2.24) is 0 Å². The number of ether oxygens (including phenoxy) is 1. The van der Waals surface area contributed by atoms with Gasteiger partial charge in [-0.1, -0.05) is 107 Å². The average Bonchev–Trinajstić information content (AvgIpc) is 2.87. The van der Waals surface area contributed by atoms with Gasteiger partial charge in [0.1, 0.15) is 6.61 Å². The van der Waals surface area contributed by atoms with Crippen LogP contribution in [0.25, 0.3) is 11.1 Å². The summed E-state index contributed by atoms with van der Waals surface area (Å²) in [7, 11) is 0. The van der Waals surface area contributed by atoms with Gasteiger partial charge in [0.05, 0.1) is 0 Å². The largest absolute Gasteiger partial charge is 0.486 e. The summed E-state index contributed by atoms with van der Waals surface area (Å²) in [5.74, 6) is -1.70. The Hall–Kier alpha value is -2.68. The van der Waals surface area contributed by atoms with Crippen LogP contribution in [0.5, 0.6) is 5.75 Å². The number of rotatable bonds is 14. The van der Waals surface area contributed by atoms with Crippen molar-refractivity contribution in [2.75, 3.05) is 0 Å². The van der Waals surface area contributed by atoms with Crippen LogP contribution in [0.3, 0.4) is 0 Å². The Bertz CT molecular complexity index is 993. The van der Waals surface area contributed by atoms with E-state index in [-0.39, 0.29) is 12.4 Å². The van der Waals surface area contributed by atoms with Crippen LogP contribution in [-0.2, 0) is 19.4 Å². The zero-order chi connectivity index (χ0) is 24.2. The number of benzene rings is 3. The molecule has 0 radical (unpaired) electrons. The molecule has 182 valence electrons. The van der Waals surface area contributed by atoms with Crippen molar-refractivity contribution in [3.63, 3.8) is 0 Å². The molecule has 0 aromatic heterocycles. The van der Waals surface area contributed by atoms with Crippen LogP contribution in [-0.4, -0.2) is 0 Å². The second-order valence-electron chi connectivity index (χ2n) is 9.15. The van der Waals surface area contributed by atoms with E-state index in [0.717, 1.165) is 43.2 Å². The molecule has 3 rings (SSSR count). The first-order valence-corrected chi connectivity index (χ1v) is 12.9. The molecule has 0 aliphatic heterocycles. The van der Waals surface area contributed by atoms with E-state index in [1.54, 1.807) is 12.1 Å². The highest BCUT2D eigenvalue weighted by molar-refractivity contribution is 5.64. The van der Waals surface area contributed by atoms with Crippen molar-refractivity contribution in [2.45, 2.75) is 84.7 Å². The molecular weight excluding hydrogens is 426 g/mol. The van der Waals surface area contributed by atoms with Crippen LogP contribution in [0.15, 0.2) is 60.7 Å². The van der Waals surface area contributed by atoms with E-state index in [1.807, 2.05) is 24.3 Å². The standard InChI is InChI=1S/C31H38F2O/c1-3-5-7-9-11-24-13-17-26(18-14-24)27-19-15-25(16-20-27)23-34-29-22-21-28(30(32)31(29)33)12-10-8-6-4-2/h13-22H,3-12,23H2,1-2H3. The van der Waals surface area contributed by atoms with E-state index in [0.29, 0.717) is 12.0 Å². The minimum atomic E-state index is -0.889. The third kappa shape index (κ3) is 7.68. The van der Waals surface area contributed by atoms with Crippen molar-refractivity contribution in [1.29, 1.82) is 0 Å². The fourth-order valence-corrected chi connectivity index (χ4v) is 4.19. The molecule has 0 atom stereocenters. The van der Waals surface area contributed by atoms with Gasteiger partial charge in [-0.25, -0.2) is 4.39 Å². The lowest BCUT2D eigenvalue weighted by Gasteiger charge is -2.11. The fraction of sp³-hybridized carbons (Fsp3) is 0.419. The van der Waals surface area contributed by atoms with Crippen molar-refractivity contribution in [3.8, 4) is 16.9 Å². The van der Waals surface area contributed by atoms with Gasteiger partial charge in [-0.3, -0.25) is 0 Å². The molecule has 3 heteroatoms. The number of aryl methyl sites for hydroxylation is 2. The van der Waals surface area contributed by atoms with E-state index in [9.17, 15) is 8.78 Å². The molecule has 0 spiro atoms. The van der Waals surface area contributed by atoms with Crippen LogP contribution in [0.2, 0.25) is 0 Å². The first kappa shape index (κ1) is 25.9. The molecule has 34 heavy (non-hydrogen) atoms. The molecule has 0 heterocycles. The molecule has 0 aliphatic carbocycles. The summed E-state index contributed by atoms with van der Waals surface area (Å²) < 4.78 is 34.5. The van der Waals surface area contributed by atoms with Crippen LogP contribution < -0.4 is 4.74 Å². The van der Waals surface area contributed by atoms with Gasteiger partial charge in [0, 0.05) is 0 Å². The van der Waals surface area contributed by atoms with Gasteiger partial charge < -0.3 is 4.74 Å². The molecule has 0 saturated carbocycles. The Morgan fingerprint density at radius 3 is 1.71 bits per heavy atom. The van der Waals surface area contributed by atoms with E-state index in [2.05, 4.69) is 38.1 Å². The van der Waals surface area contributed by atoms with E-state index in [1.165, 1.54) is 36.8 Å². The summed E-state index contributed by atoms with van der Waals surface area (Å²) in [5, 5.41) is 0. The van der Waals surface area contributed by atoms with Crippen LogP contribution >= 0.6 is 0 Å². The van der Waals surface area contributed by atoms with Crippen LogP contribution in [0.1, 0.15) is 81.9 Å². The van der Waals surface area contributed by atoms with E-state index >= 15 is 0 Å². The highest BCUT2D eigenvalue weighted by Gasteiger charge is 2.14. The quantitative estimate of drug-likeness (QED) is 0.216. The Morgan fingerprint density at radius 1 is 0.559 bits per heavy atom. The van der Waals surface area contributed by atoms with Gasteiger partial charge in [0.25, 0.3) is 0 Å². The topological polar surface area (TPSA) is 9.23 Å². The molecule has 3 aromatic carbocycles. The first-order valence-electron chi connectivity index (χ1n) is 12.9. The Kier molecular flexibility index (Phi) is 10.6. The molecule has 0 bridgehead atoms. The highest BCUT2D eigenvalue weighted by Crippen LogP contribution is 2.26. The summed E-state index contributed by atoms with van der Waals surface area (Å²) in [6.45, 7) is 4.56. The Balaban J connectivity index is 1.53. The number of hydrogen-bond donors (Lipinski definition) is 0. The van der Waals surface area contributed by atoms with Crippen LogP contribution in [0.4, 0.5) is 8.78 Å². The highest BCUT2D eigenvalue weighted by atomic mass is 19.2. The molecule has 0 unspecified atom stereocenters. The maximum absolute atomic E-state index is 14.5. The van der Waals surface area contributed by atoms with Gasteiger partial charge in [0.2, 0.25) is 5.82 Å². The Labute approximate surface area is 204 Å². The average molecular weight is 465 g/mol. The molecule has 0 fully saturated rings. The monoisotopic (exact) mass is 464 g/mol. The second-order valence-corrected chi connectivity index (χ2v) is 9.15. The maximum atomic E-state index is 14.5. The zero-order valence-corrected chi connectivity index (χ0v) is 20.7. The predicted molar refractivity (Wildman–Crippen MR) is 138 cm³/mol. The lowest BCUT2D eigenvalue weighted by Crippen LogP contribution is -2.02. The Morgan fingerprint density at radius 2 is 1.12 bits per heavy atom. The van der Waals surface area contributed by atoms with Gasteiger partial charge in [-0.2, -0.15) is 4.39 Å². The van der Waals surface area contributed by atoms with Gasteiger partial charge in [-0.05, 0) is 59.6 Å². The van der Waals surface area contributed by atoms with Crippen LogP contribution in [0, 0.1) is 11.6 Å². The minimum Gasteiger partial charge on any atom is -0.486 e. The molecule has 0 aliphatic rings. The lowest BCUT2D eigenvalue weighted by molar-refractivity contribution is 0.284. The van der Waals surface area contributed by atoms with Gasteiger partial charge in [-0.15, -0.1) is 0 Å². The molecular formula is C31H38F2O. The number of hydrogen-bond acceptors (Lipinski definition) is 1. The maximum Gasteiger partial charge on any atom is 0.200 e. The number of unbranched alkanes of at least 4 members (excludes halogenated alkanes) is 6. The summed E-state index contributed by atoms with van der Waals surface area (Å²) >= 11 is 0. The predicted octanol–water partition coefficient (Wildman–Crippen LogP) is 9.46. The summed E-state index contributed by atoms with van der Waals surface area (Å²) in [6.07, 6.45) is 10.9. The molecule has 3 aromatic rings. The zero-order valence-electron chi connectivity index (χ0n) is 20.7. The van der Waals surface area contributed by atoms with Crippen molar-refractivity contribution in [2.24, 2.45) is 0 Å². The van der Waals surface area contributed by atoms with E-state index in [4.69, 9.17) is 4.74 Å². The van der Waals surface area contributed by atoms with Crippen molar-refractivity contribution < 1.29 is 13.5 Å². The fourth-order valence-electron chi connectivity index (χ4n) is 4.19. The summed E-state index contributed by atoms with van der Waals surface area (Å²) in [6, 6.07) is 20.0. The minimum absolute atomic E-state index is 0.0339. The van der Waals surface area contributed by atoms with Crippen molar-refractivity contribution >= 4 is 0 Å². The summed E-state index contributed by atoms with van der Waals surface area (Å²) in [5.41, 5.74) is 5.03.